The molecule has 1 aromatic heterocycles. The van der Waals surface area contributed by atoms with Gasteiger partial charge in [0, 0.05) is 6.04 Å². The Balaban J connectivity index is 1.94. The Morgan fingerprint density at radius 1 is 1.19 bits per heavy atom. The second kappa shape index (κ2) is 3.52. The van der Waals surface area contributed by atoms with Crippen LogP contribution in [0.5, 0.6) is 0 Å². The summed E-state index contributed by atoms with van der Waals surface area (Å²) in [4.78, 5) is 15.8. The smallest absolute Gasteiger partial charge is 0.291 e. The number of para-hydroxylation sites is 1. The molecule has 80 valence electrons. The lowest BCUT2D eigenvalue weighted by molar-refractivity contribution is 0.0940. The number of fused-ring (bicyclic) bond motifs is 1. The van der Waals surface area contributed by atoms with Gasteiger partial charge in [0.1, 0.15) is 5.52 Å². The molecule has 1 heterocycles. The van der Waals surface area contributed by atoms with Gasteiger partial charge in [-0.25, -0.2) is 4.98 Å². The molecule has 0 bridgehead atoms. The Labute approximate surface area is 91.9 Å². The van der Waals surface area contributed by atoms with Gasteiger partial charge in [0.2, 0.25) is 5.82 Å². The van der Waals surface area contributed by atoms with Crippen molar-refractivity contribution in [3.05, 3.63) is 30.1 Å². The fourth-order valence-corrected chi connectivity index (χ4v) is 1.45. The minimum atomic E-state index is -0.235. The Bertz CT molecular complexity index is 550. The largest absolute Gasteiger partial charge is 0.347 e. The van der Waals surface area contributed by atoms with E-state index in [0.717, 1.165) is 12.8 Å². The second-order valence-electron chi connectivity index (χ2n) is 3.87. The molecular formula is C11H10N4O. The standard InChI is InChI=1S/C11H10N4O/c16-11(12-7-5-6-7)10-13-8-3-1-2-4-9(8)14-15-10/h1-4,7H,5-6H2,(H,12,16). The van der Waals surface area contributed by atoms with E-state index in [-0.39, 0.29) is 11.7 Å². The van der Waals surface area contributed by atoms with E-state index in [1.165, 1.54) is 0 Å². The molecule has 0 saturated heterocycles. The Morgan fingerprint density at radius 2 is 1.94 bits per heavy atom. The van der Waals surface area contributed by atoms with Crippen molar-refractivity contribution in [3.63, 3.8) is 0 Å². The average molecular weight is 214 g/mol. The van der Waals surface area contributed by atoms with Gasteiger partial charge in [0.15, 0.2) is 0 Å². The van der Waals surface area contributed by atoms with E-state index < -0.39 is 0 Å². The molecule has 0 radical (unpaired) electrons. The first-order valence-corrected chi connectivity index (χ1v) is 5.23. The molecule has 1 fully saturated rings. The zero-order valence-corrected chi connectivity index (χ0v) is 8.55. The maximum atomic E-state index is 11.7. The molecule has 5 nitrogen and oxygen atoms in total. The molecular weight excluding hydrogens is 204 g/mol. The molecule has 2 aromatic rings. The summed E-state index contributed by atoms with van der Waals surface area (Å²) >= 11 is 0. The quantitative estimate of drug-likeness (QED) is 0.807. The monoisotopic (exact) mass is 214 g/mol. The van der Waals surface area contributed by atoms with Crippen molar-refractivity contribution in [1.29, 1.82) is 0 Å². The molecule has 1 amide bonds. The maximum absolute atomic E-state index is 11.7. The van der Waals surface area contributed by atoms with Gasteiger partial charge < -0.3 is 5.32 Å². The highest BCUT2D eigenvalue weighted by Crippen LogP contribution is 2.18. The lowest BCUT2D eigenvalue weighted by Gasteiger charge is -2.01. The van der Waals surface area contributed by atoms with Crippen LogP contribution >= 0.6 is 0 Å². The van der Waals surface area contributed by atoms with Gasteiger partial charge >= 0.3 is 0 Å². The number of rotatable bonds is 2. The van der Waals surface area contributed by atoms with Crippen LogP contribution in [0.15, 0.2) is 24.3 Å². The van der Waals surface area contributed by atoms with Gasteiger partial charge in [-0.15, -0.1) is 10.2 Å². The first-order chi connectivity index (χ1) is 7.83. The number of amides is 1. The first-order valence-electron chi connectivity index (χ1n) is 5.23. The fourth-order valence-electron chi connectivity index (χ4n) is 1.45. The summed E-state index contributed by atoms with van der Waals surface area (Å²) < 4.78 is 0. The third-order valence-corrected chi connectivity index (χ3v) is 2.48. The van der Waals surface area contributed by atoms with Crippen LogP contribution in [0, 0.1) is 0 Å². The molecule has 0 atom stereocenters. The lowest BCUT2D eigenvalue weighted by atomic mass is 10.3. The van der Waals surface area contributed by atoms with E-state index in [4.69, 9.17) is 0 Å². The summed E-state index contributed by atoms with van der Waals surface area (Å²) in [6.45, 7) is 0. The van der Waals surface area contributed by atoms with Crippen LogP contribution in [0.2, 0.25) is 0 Å². The minimum absolute atomic E-state index is 0.144. The molecule has 0 aliphatic heterocycles. The number of benzene rings is 1. The summed E-state index contributed by atoms with van der Waals surface area (Å²) in [7, 11) is 0. The molecule has 1 aliphatic carbocycles. The van der Waals surface area contributed by atoms with Crippen LogP contribution in [-0.2, 0) is 0 Å². The molecule has 16 heavy (non-hydrogen) atoms. The van der Waals surface area contributed by atoms with Crippen LogP contribution in [0.25, 0.3) is 11.0 Å². The van der Waals surface area contributed by atoms with Crippen molar-refractivity contribution in [2.24, 2.45) is 0 Å². The van der Waals surface area contributed by atoms with Gasteiger partial charge in [0.25, 0.3) is 5.91 Å². The molecule has 1 N–H and O–H groups in total. The van der Waals surface area contributed by atoms with Crippen LogP contribution in [0.1, 0.15) is 23.5 Å². The summed E-state index contributed by atoms with van der Waals surface area (Å²) in [6, 6.07) is 7.67. The predicted octanol–water partition coefficient (Wildman–Crippen LogP) is 0.917. The fraction of sp³-hybridized carbons (Fsp3) is 0.273. The van der Waals surface area contributed by atoms with Crippen LogP contribution in [0.3, 0.4) is 0 Å². The normalized spacial score (nSPS) is 15.0. The number of hydrogen-bond donors (Lipinski definition) is 1. The zero-order valence-electron chi connectivity index (χ0n) is 8.55. The van der Waals surface area contributed by atoms with Crippen molar-refractivity contribution >= 4 is 16.9 Å². The molecule has 1 saturated carbocycles. The van der Waals surface area contributed by atoms with Crippen LogP contribution < -0.4 is 5.32 Å². The molecule has 1 aliphatic rings. The van der Waals surface area contributed by atoms with E-state index in [1.807, 2.05) is 24.3 Å². The molecule has 3 rings (SSSR count). The number of hydrogen-bond acceptors (Lipinski definition) is 4. The van der Waals surface area contributed by atoms with Gasteiger partial charge in [-0.05, 0) is 25.0 Å². The van der Waals surface area contributed by atoms with Crippen LogP contribution in [-0.4, -0.2) is 27.1 Å². The molecule has 1 aromatic carbocycles. The Hall–Kier alpha value is -2.04. The van der Waals surface area contributed by atoms with E-state index >= 15 is 0 Å². The SMILES string of the molecule is O=C(NC1CC1)c1nnc2ccccc2n1. The van der Waals surface area contributed by atoms with Crippen molar-refractivity contribution in [2.45, 2.75) is 18.9 Å². The molecule has 0 spiro atoms. The van der Waals surface area contributed by atoms with Crippen LogP contribution in [0.4, 0.5) is 0 Å². The van der Waals surface area contributed by atoms with Crippen molar-refractivity contribution in [2.75, 3.05) is 0 Å². The number of nitrogens with zero attached hydrogens (tertiary/aromatic N) is 3. The summed E-state index contributed by atoms with van der Waals surface area (Å²) in [5.41, 5.74) is 1.39. The van der Waals surface area contributed by atoms with Gasteiger partial charge in [0.05, 0.1) is 5.52 Å². The van der Waals surface area contributed by atoms with E-state index in [1.54, 1.807) is 0 Å². The highest BCUT2D eigenvalue weighted by atomic mass is 16.2. The Kier molecular flexibility index (Phi) is 2.02. The van der Waals surface area contributed by atoms with E-state index in [9.17, 15) is 4.79 Å². The Morgan fingerprint density at radius 3 is 2.69 bits per heavy atom. The third-order valence-electron chi connectivity index (χ3n) is 2.48. The average Bonchev–Trinajstić information content (AvgIpc) is 3.12. The van der Waals surface area contributed by atoms with Gasteiger partial charge in [-0.1, -0.05) is 12.1 Å². The topological polar surface area (TPSA) is 67.8 Å². The first kappa shape index (κ1) is 9.21. The van der Waals surface area contributed by atoms with Crippen molar-refractivity contribution < 1.29 is 4.79 Å². The van der Waals surface area contributed by atoms with Gasteiger partial charge in [-0.2, -0.15) is 0 Å². The number of nitrogens with one attached hydrogen (secondary N) is 1. The maximum Gasteiger partial charge on any atom is 0.291 e. The highest BCUT2D eigenvalue weighted by Gasteiger charge is 2.25. The number of carbonyl (C=O) groups is 1. The number of carbonyl (C=O) groups excluding carboxylic acids is 1. The zero-order chi connectivity index (χ0) is 11.0. The summed E-state index contributed by atoms with van der Waals surface area (Å²) in [5.74, 6) is -0.0913. The van der Waals surface area contributed by atoms with E-state index in [2.05, 4.69) is 20.5 Å². The molecule has 5 heteroatoms. The van der Waals surface area contributed by atoms with Crippen molar-refractivity contribution in [1.82, 2.24) is 20.5 Å². The number of aromatic nitrogens is 3. The summed E-state index contributed by atoms with van der Waals surface area (Å²) in [5, 5.41) is 10.6. The predicted molar refractivity (Wildman–Crippen MR) is 57.8 cm³/mol. The summed E-state index contributed by atoms with van der Waals surface area (Å²) in [6.07, 6.45) is 2.10. The van der Waals surface area contributed by atoms with E-state index in [0.29, 0.717) is 17.1 Å². The van der Waals surface area contributed by atoms with Crippen molar-refractivity contribution in [3.8, 4) is 0 Å². The second-order valence-corrected chi connectivity index (χ2v) is 3.87. The molecule has 0 unspecified atom stereocenters. The van der Waals surface area contributed by atoms with Gasteiger partial charge in [-0.3, -0.25) is 4.79 Å². The minimum Gasteiger partial charge on any atom is -0.347 e. The lowest BCUT2D eigenvalue weighted by Crippen LogP contribution is -2.27. The third kappa shape index (κ3) is 1.71. The highest BCUT2D eigenvalue weighted by molar-refractivity contribution is 5.92.